The number of anilines is 1. The Hall–Kier alpha value is -2.51. The molecule has 1 amide bonds. The topological polar surface area (TPSA) is 92.9 Å². The van der Waals surface area contributed by atoms with Gasteiger partial charge >= 0.3 is 0 Å². The van der Waals surface area contributed by atoms with Crippen LogP contribution in [0.5, 0.6) is 0 Å². The molecule has 1 fully saturated rings. The Morgan fingerprint density at radius 2 is 2.32 bits per heavy atom. The lowest BCUT2D eigenvalue weighted by atomic mass is 9.99. The lowest BCUT2D eigenvalue weighted by Gasteiger charge is -2.09. The number of pyridine rings is 2. The van der Waals surface area contributed by atoms with Crippen LogP contribution < -0.4 is 10.6 Å². The van der Waals surface area contributed by atoms with Gasteiger partial charge in [-0.2, -0.15) is 0 Å². The van der Waals surface area contributed by atoms with Crippen LogP contribution in [0.25, 0.3) is 11.1 Å². The first-order valence-corrected chi connectivity index (χ1v) is 7.96. The minimum absolute atomic E-state index is 0. The van der Waals surface area contributed by atoms with Gasteiger partial charge < -0.3 is 15.2 Å². The molecule has 7 nitrogen and oxygen atoms in total. The molecule has 0 saturated carbocycles. The maximum Gasteiger partial charge on any atom is 0.259 e. The number of aromatic nitrogens is 3. The fourth-order valence-corrected chi connectivity index (χ4v) is 3.00. The van der Waals surface area contributed by atoms with E-state index in [9.17, 15) is 4.79 Å². The molecule has 130 valence electrons. The summed E-state index contributed by atoms with van der Waals surface area (Å²) < 4.78 is 5.10. The fraction of sp³-hybridized carbons (Fsp3) is 0.294. The summed E-state index contributed by atoms with van der Waals surface area (Å²) in [5.41, 5.74) is 1.98. The van der Waals surface area contributed by atoms with E-state index in [1.165, 1.54) is 0 Å². The Morgan fingerprint density at radius 1 is 1.40 bits per heavy atom. The molecular formula is C17H18ClN5O2. The number of carbonyl (C=O) groups excluding carboxylic acids is 1. The van der Waals surface area contributed by atoms with Gasteiger partial charge in [-0.05, 0) is 55.6 Å². The maximum atomic E-state index is 12.5. The van der Waals surface area contributed by atoms with Crippen molar-refractivity contribution in [3.05, 3.63) is 47.9 Å². The van der Waals surface area contributed by atoms with Crippen molar-refractivity contribution >= 4 is 35.2 Å². The van der Waals surface area contributed by atoms with Crippen LogP contribution in [-0.4, -0.2) is 34.1 Å². The summed E-state index contributed by atoms with van der Waals surface area (Å²) >= 11 is 0. The molecule has 0 aliphatic carbocycles. The van der Waals surface area contributed by atoms with Gasteiger partial charge in [-0.1, -0.05) is 5.16 Å². The summed E-state index contributed by atoms with van der Waals surface area (Å²) in [5.74, 6) is 0.720. The number of nitrogens with one attached hydrogen (secondary N) is 2. The fourth-order valence-electron chi connectivity index (χ4n) is 3.00. The largest absolute Gasteiger partial charge is 0.334 e. The van der Waals surface area contributed by atoms with Gasteiger partial charge in [-0.15, -0.1) is 12.4 Å². The normalized spacial score (nSPS) is 16.6. The van der Waals surface area contributed by atoms with E-state index < -0.39 is 0 Å². The highest BCUT2D eigenvalue weighted by atomic mass is 35.5. The third kappa shape index (κ3) is 3.78. The van der Waals surface area contributed by atoms with Crippen LogP contribution in [0.15, 0.2) is 41.3 Å². The monoisotopic (exact) mass is 359 g/mol. The SMILES string of the molecule is Cl.O=C(Nc1noc2ncccc12)c1cncc(CC2CCNC2)c1. The van der Waals surface area contributed by atoms with E-state index in [1.54, 1.807) is 24.5 Å². The summed E-state index contributed by atoms with van der Waals surface area (Å²) in [6.07, 6.45) is 7.09. The predicted molar refractivity (Wildman–Crippen MR) is 95.9 cm³/mol. The molecule has 0 spiro atoms. The first-order chi connectivity index (χ1) is 11.8. The second-order valence-electron chi connectivity index (χ2n) is 5.99. The Kier molecular flexibility index (Phi) is 5.25. The summed E-state index contributed by atoms with van der Waals surface area (Å²) in [4.78, 5) is 20.7. The molecular weight excluding hydrogens is 342 g/mol. The van der Waals surface area contributed by atoms with Gasteiger partial charge in [0.05, 0.1) is 10.9 Å². The second kappa shape index (κ2) is 7.58. The van der Waals surface area contributed by atoms with E-state index in [2.05, 4.69) is 25.8 Å². The lowest BCUT2D eigenvalue weighted by molar-refractivity contribution is 0.102. The highest BCUT2D eigenvalue weighted by Crippen LogP contribution is 2.21. The molecule has 3 aromatic heterocycles. The van der Waals surface area contributed by atoms with Gasteiger partial charge in [-0.25, -0.2) is 4.98 Å². The molecule has 0 bridgehead atoms. The Morgan fingerprint density at radius 3 is 3.16 bits per heavy atom. The molecule has 1 aliphatic heterocycles. The Bertz CT molecular complexity index is 876. The van der Waals surface area contributed by atoms with E-state index >= 15 is 0 Å². The van der Waals surface area contributed by atoms with Crippen LogP contribution >= 0.6 is 12.4 Å². The van der Waals surface area contributed by atoms with Crippen molar-refractivity contribution in [1.29, 1.82) is 0 Å². The molecule has 1 saturated heterocycles. The Labute approximate surface area is 150 Å². The van der Waals surface area contributed by atoms with Gasteiger partial charge in [0.25, 0.3) is 11.6 Å². The van der Waals surface area contributed by atoms with E-state index in [-0.39, 0.29) is 18.3 Å². The average molecular weight is 360 g/mol. The van der Waals surface area contributed by atoms with Gasteiger partial charge in [-0.3, -0.25) is 9.78 Å². The highest BCUT2D eigenvalue weighted by Gasteiger charge is 2.17. The number of rotatable bonds is 4. The third-order valence-corrected chi connectivity index (χ3v) is 4.23. The van der Waals surface area contributed by atoms with Gasteiger partial charge in [0.2, 0.25) is 0 Å². The first-order valence-electron chi connectivity index (χ1n) is 7.96. The number of hydrogen-bond donors (Lipinski definition) is 2. The summed E-state index contributed by atoms with van der Waals surface area (Å²) in [5, 5.41) is 10.7. The summed E-state index contributed by atoms with van der Waals surface area (Å²) in [6, 6.07) is 5.46. The molecule has 8 heteroatoms. The smallest absolute Gasteiger partial charge is 0.259 e. The van der Waals surface area contributed by atoms with Crippen molar-refractivity contribution < 1.29 is 9.32 Å². The highest BCUT2D eigenvalue weighted by molar-refractivity contribution is 6.07. The first kappa shape index (κ1) is 17.3. The molecule has 0 radical (unpaired) electrons. The van der Waals surface area contributed by atoms with Crippen molar-refractivity contribution in [3.63, 3.8) is 0 Å². The van der Waals surface area contributed by atoms with Crippen molar-refractivity contribution in [2.75, 3.05) is 18.4 Å². The summed E-state index contributed by atoms with van der Waals surface area (Å²) in [7, 11) is 0. The molecule has 0 aromatic carbocycles. The van der Waals surface area contributed by atoms with E-state index in [1.807, 2.05) is 12.3 Å². The van der Waals surface area contributed by atoms with Crippen LogP contribution in [0.1, 0.15) is 22.3 Å². The van der Waals surface area contributed by atoms with Crippen molar-refractivity contribution in [3.8, 4) is 0 Å². The molecule has 3 aromatic rings. The lowest BCUT2D eigenvalue weighted by Crippen LogP contribution is -2.14. The minimum atomic E-state index is -0.257. The molecule has 2 N–H and O–H groups in total. The van der Waals surface area contributed by atoms with Crippen LogP contribution in [0.4, 0.5) is 5.82 Å². The van der Waals surface area contributed by atoms with Gasteiger partial charge in [0.1, 0.15) is 0 Å². The third-order valence-electron chi connectivity index (χ3n) is 4.23. The zero-order valence-electron chi connectivity index (χ0n) is 13.4. The van der Waals surface area contributed by atoms with Gasteiger partial charge in [0.15, 0.2) is 5.82 Å². The molecule has 4 rings (SSSR count). The average Bonchev–Trinajstić information content (AvgIpc) is 3.25. The van der Waals surface area contributed by atoms with Gasteiger partial charge in [0, 0.05) is 18.6 Å². The minimum Gasteiger partial charge on any atom is -0.334 e. The van der Waals surface area contributed by atoms with Crippen LogP contribution in [0.3, 0.4) is 0 Å². The van der Waals surface area contributed by atoms with Crippen LogP contribution in [0.2, 0.25) is 0 Å². The quantitative estimate of drug-likeness (QED) is 0.743. The number of nitrogens with zero attached hydrogens (tertiary/aromatic N) is 3. The van der Waals surface area contributed by atoms with E-state index in [0.717, 1.165) is 31.5 Å². The van der Waals surface area contributed by atoms with Crippen molar-refractivity contribution in [2.45, 2.75) is 12.8 Å². The Balaban J connectivity index is 0.00000182. The van der Waals surface area contributed by atoms with Crippen LogP contribution in [0, 0.1) is 5.92 Å². The number of amides is 1. The molecule has 1 atom stereocenters. The van der Waals surface area contributed by atoms with Crippen molar-refractivity contribution in [2.24, 2.45) is 5.92 Å². The van der Waals surface area contributed by atoms with Crippen molar-refractivity contribution in [1.82, 2.24) is 20.4 Å². The summed E-state index contributed by atoms with van der Waals surface area (Å²) in [6.45, 7) is 2.08. The van der Waals surface area contributed by atoms with E-state index in [0.29, 0.717) is 28.4 Å². The number of fused-ring (bicyclic) bond motifs is 1. The molecule has 1 aliphatic rings. The zero-order chi connectivity index (χ0) is 16.4. The molecule has 25 heavy (non-hydrogen) atoms. The molecule has 4 heterocycles. The van der Waals surface area contributed by atoms with Crippen LogP contribution in [-0.2, 0) is 6.42 Å². The predicted octanol–water partition coefficient (Wildman–Crippen LogP) is 2.44. The number of hydrogen-bond acceptors (Lipinski definition) is 6. The number of halogens is 1. The standard InChI is InChI=1S/C17H17N5O2.ClH/c23-16(21-15-14-2-1-4-20-17(14)24-22-15)13-7-12(9-19-10-13)6-11-3-5-18-8-11;/h1-2,4,7,9-11,18H,3,5-6,8H2,(H,21,22,23);1H. The maximum absolute atomic E-state index is 12.5. The number of carbonyl (C=O) groups is 1. The second-order valence-corrected chi connectivity index (χ2v) is 5.99. The zero-order valence-corrected chi connectivity index (χ0v) is 14.3. The van der Waals surface area contributed by atoms with E-state index in [4.69, 9.17) is 4.52 Å². The molecule has 1 unspecified atom stereocenters.